The van der Waals surface area contributed by atoms with Gasteiger partial charge in [0.15, 0.2) is 0 Å². The third kappa shape index (κ3) is 3.39. The first kappa shape index (κ1) is 13.7. The fourth-order valence-corrected chi connectivity index (χ4v) is 2.53. The number of hydrogen-bond acceptors (Lipinski definition) is 4. The van der Waals surface area contributed by atoms with E-state index < -0.39 is 5.97 Å². The van der Waals surface area contributed by atoms with E-state index in [9.17, 15) is 9.90 Å². The predicted molar refractivity (Wildman–Crippen MR) is 74.5 cm³/mol. The molecular formula is C14H15NO3S. The highest BCUT2D eigenvalue weighted by molar-refractivity contribution is 7.14. The highest BCUT2D eigenvalue weighted by Gasteiger charge is 2.18. The molecule has 0 spiro atoms. The van der Waals surface area contributed by atoms with E-state index in [1.165, 1.54) is 11.3 Å². The van der Waals surface area contributed by atoms with Crippen molar-refractivity contribution >= 4 is 17.3 Å². The van der Waals surface area contributed by atoms with Crippen molar-refractivity contribution in [2.45, 2.75) is 20.0 Å². The quantitative estimate of drug-likeness (QED) is 0.822. The molecule has 1 N–H and O–H groups in total. The van der Waals surface area contributed by atoms with Gasteiger partial charge in [-0.3, -0.25) is 0 Å². The molecule has 100 valence electrons. The van der Waals surface area contributed by atoms with Gasteiger partial charge in [-0.2, -0.15) is 0 Å². The van der Waals surface area contributed by atoms with Crippen LogP contribution in [0.5, 0.6) is 0 Å². The molecule has 0 bridgehead atoms. The predicted octanol–water partition coefficient (Wildman–Crippen LogP) is 3.43. The summed E-state index contributed by atoms with van der Waals surface area (Å²) in [5, 5.41) is 9.94. The average molecular weight is 277 g/mol. The number of thiazole rings is 1. The summed E-state index contributed by atoms with van der Waals surface area (Å²) in [5.74, 6) is -0.946. The van der Waals surface area contributed by atoms with Gasteiger partial charge in [-0.25, -0.2) is 9.78 Å². The van der Waals surface area contributed by atoms with Crippen molar-refractivity contribution in [3.8, 4) is 11.3 Å². The van der Waals surface area contributed by atoms with E-state index in [-0.39, 0.29) is 4.88 Å². The zero-order chi connectivity index (χ0) is 13.7. The molecule has 0 aliphatic heterocycles. The summed E-state index contributed by atoms with van der Waals surface area (Å²) in [4.78, 5) is 15.9. The van der Waals surface area contributed by atoms with Gasteiger partial charge in [0, 0.05) is 12.2 Å². The molecule has 0 atom stereocenters. The maximum absolute atomic E-state index is 11.3. The van der Waals surface area contributed by atoms with Crippen LogP contribution in [0.1, 0.15) is 28.0 Å². The van der Waals surface area contributed by atoms with Gasteiger partial charge in [-0.1, -0.05) is 37.3 Å². The Kier molecular flexibility index (Phi) is 4.65. The molecule has 0 aliphatic rings. The Hall–Kier alpha value is -1.72. The Labute approximate surface area is 115 Å². The molecule has 0 unspecified atom stereocenters. The molecule has 5 heteroatoms. The number of nitrogens with zero attached hydrogens (tertiary/aromatic N) is 1. The molecule has 0 aliphatic carbocycles. The number of benzene rings is 1. The van der Waals surface area contributed by atoms with Gasteiger partial charge in [0.25, 0.3) is 0 Å². The lowest BCUT2D eigenvalue weighted by atomic mass is 10.1. The maximum Gasteiger partial charge on any atom is 0.348 e. The number of ether oxygens (including phenoxy) is 1. The van der Waals surface area contributed by atoms with Crippen molar-refractivity contribution in [3.63, 3.8) is 0 Å². The van der Waals surface area contributed by atoms with Crippen LogP contribution in [0.4, 0.5) is 0 Å². The number of hydrogen-bond donors (Lipinski definition) is 1. The third-order valence-electron chi connectivity index (χ3n) is 2.49. The molecule has 0 radical (unpaired) electrons. The normalized spacial score (nSPS) is 10.6. The summed E-state index contributed by atoms with van der Waals surface area (Å²) in [6.45, 7) is 3.05. The van der Waals surface area contributed by atoms with Crippen molar-refractivity contribution < 1.29 is 14.6 Å². The Morgan fingerprint density at radius 3 is 2.74 bits per heavy atom. The van der Waals surface area contributed by atoms with Gasteiger partial charge in [0.05, 0.1) is 12.3 Å². The first-order chi connectivity index (χ1) is 9.22. The van der Waals surface area contributed by atoms with Crippen LogP contribution in [-0.4, -0.2) is 22.7 Å². The number of carboxylic acid groups (broad SMARTS) is 1. The highest BCUT2D eigenvalue weighted by atomic mass is 32.1. The Balaban J connectivity index is 2.29. The number of carbonyl (C=O) groups is 1. The molecule has 19 heavy (non-hydrogen) atoms. The van der Waals surface area contributed by atoms with Crippen molar-refractivity contribution in [1.29, 1.82) is 0 Å². The number of aromatic nitrogens is 1. The zero-order valence-corrected chi connectivity index (χ0v) is 11.4. The van der Waals surface area contributed by atoms with E-state index in [2.05, 4.69) is 4.98 Å². The minimum atomic E-state index is -0.946. The number of carboxylic acids is 1. The van der Waals surface area contributed by atoms with Crippen molar-refractivity contribution in [2.75, 3.05) is 6.61 Å². The molecule has 0 saturated carbocycles. The van der Waals surface area contributed by atoms with Crippen LogP contribution in [0.15, 0.2) is 30.3 Å². The number of rotatable bonds is 6. The van der Waals surface area contributed by atoms with Gasteiger partial charge >= 0.3 is 5.97 Å². The topological polar surface area (TPSA) is 59.4 Å². The Bertz CT molecular complexity index is 551. The molecule has 0 fully saturated rings. The van der Waals surface area contributed by atoms with Crippen LogP contribution in [0.3, 0.4) is 0 Å². The molecule has 2 aromatic rings. The monoisotopic (exact) mass is 277 g/mol. The standard InChI is InChI=1S/C14H15NO3S/c1-2-8-18-9-11-15-12(13(19-11)14(16)17)10-6-4-3-5-7-10/h3-7H,2,8-9H2,1H3,(H,16,17). The number of aromatic carboxylic acids is 1. The lowest BCUT2D eigenvalue weighted by Gasteiger charge is -1.98. The van der Waals surface area contributed by atoms with Crippen LogP contribution in [-0.2, 0) is 11.3 Å². The first-order valence-electron chi connectivity index (χ1n) is 6.08. The molecule has 1 aromatic carbocycles. The Morgan fingerprint density at radius 1 is 1.37 bits per heavy atom. The van der Waals surface area contributed by atoms with E-state index in [0.29, 0.717) is 23.9 Å². The molecule has 1 aromatic heterocycles. The second-order valence-electron chi connectivity index (χ2n) is 4.01. The van der Waals surface area contributed by atoms with E-state index in [1.54, 1.807) is 0 Å². The smallest absolute Gasteiger partial charge is 0.348 e. The second kappa shape index (κ2) is 6.45. The van der Waals surface area contributed by atoms with E-state index in [4.69, 9.17) is 4.74 Å². The summed E-state index contributed by atoms with van der Waals surface area (Å²) in [5.41, 5.74) is 1.34. The van der Waals surface area contributed by atoms with Crippen molar-refractivity contribution in [1.82, 2.24) is 4.98 Å². The second-order valence-corrected chi connectivity index (χ2v) is 5.09. The summed E-state index contributed by atoms with van der Waals surface area (Å²) in [7, 11) is 0. The first-order valence-corrected chi connectivity index (χ1v) is 6.90. The zero-order valence-electron chi connectivity index (χ0n) is 10.6. The van der Waals surface area contributed by atoms with Crippen LogP contribution < -0.4 is 0 Å². The van der Waals surface area contributed by atoms with E-state index >= 15 is 0 Å². The molecule has 2 rings (SSSR count). The summed E-state index contributed by atoms with van der Waals surface area (Å²) < 4.78 is 5.41. The summed E-state index contributed by atoms with van der Waals surface area (Å²) >= 11 is 1.18. The van der Waals surface area contributed by atoms with E-state index in [0.717, 1.165) is 12.0 Å². The molecule has 0 saturated heterocycles. The Morgan fingerprint density at radius 2 is 2.11 bits per heavy atom. The minimum Gasteiger partial charge on any atom is -0.477 e. The summed E-state index contributed by atoms with van der Waals surface area (Å²) in [6, 6.07) is 9.35. The van der Waals surface area contributed by atoms with Gasteiger partial charge in [-0.05, 0) is 6.42 Å². The van der Waals surface area contributed by atoms with Crippen LogP contribution in [0.25, 0.3) is 11.3 Å². The van der Waals surface area contributed by atoms with Crippen LogP contribution >= 0.6 is 11.3 Å². The van der Waals surface area contributed by atoms with Gasteiger partial charge in [0.1, 0.15) is 9.88 Å². The molecule has 1 heterocycles. The lowest BCUT2D eigenvalue weighted by molar-refractivity contribution is 0.0702. The maximum atomic E-state index is 11.3. The molecule has 4 nitrogen and oxygen atoms in total. The average Bonchev–Trinajstić information content (AvgIpc) is 2.84. The van der Waals surface area contributed by atoms with Crippen LogP contribution in [0.2, 0.25) is 0 Å². The fourth-order valence-electron chi connectivity index (χ4n) is 1.67. The van der Waals surface area contributed by atoms with Crippen LogP contribution in [0, 0.1) is 0 Å². The third-order valence-corrected chi connectivity index (χ3v) is 3.50. The van der Waals surface area contributed by atoms with Gasteiger partial charge in [0.2, 0.25) is 0 Å². The molecular weight excluding hydrogens is 262 g/mol. The fraction of sp³-hybridized carbons (Fsp3) is 0.286. The van der Waals surface area contributed by atoms with Gasteiger partial charge in [-0.15, -0.1) is 11.3 Å². The minimum absolute atomic E-state index is 0.265. The largest absolute Gasteiger partial charge is 0.477 e. The SMILES string of the molecule is CCCOCc1nc(-c2ccccc2)c(C(=O)O)s1. The van der Waals surface area contributed by atoms with Gasteiger partial charge < -0.3 is 9.84 Å². The highest BCUT2D eigenvalue weighted by Crippen LogP contribution is 2.28. The molecule has 0 amide bonds. The lowest BCUT2D eigenvalue weighted by Crippen LogP contribution is -1.95. The van der Waals surface area contributed by atoms with Crippen molar-refractivity contribution in [2.24, 2.45) is 0 Å². The van der Waals surface area contributed by atoms with Crippen molar-refractivity contribution in [3.05, 3.63) is 40.2 Å². The van der Waals surface area contributed by atoms with E-state index in [1.807, 2.05) is 37.3 Å². The summed E-state index contributed by atoms with van der Waals surface area (Å²) in [6.07, 6.45) is 0.933.